The molecule has 1 atom stereocenters. The van der Waals surface area contributed by atoms with Crippen LogP contribution in [0.3, 0.4) is 0 Å². The van der Waals surface area contributed by atoms with Gasteiger partial charge in [0.25, 0.3) is 0 Å². The quantitative estimate of drug-likeness (QED) is 0.602. The van der Waals surface area contributed by atoms with Gasteiger partial charge in [-0.25, -0.2) is 4.68 Å². The highest BCUT2D eigenvalue weighted by molar-refractivity contribution is 6.30. The van der Waals surface area contributed by atoms with Crippen LogP contribution in [0.15, 0.2) is 60.1 Å². The van der Waals surface area contributed by atoms with Crippen LogP contribution in [0.4, 0.5) is 5.82 Å². The number of allylic oxidation sites excluding steroid dienone is 2. The summed E-state index contributed by atoms with van der Waals surface area (Å²) in [5.74, 6) is 0.914. The number of ketones is 1. The molecule has 1 aromatic carbocycles. The van der Waals surface area contributed by atoms with Crippen LogP contribution in [0.2, 0.25) is 5.02 Å². The number of carbonyl (C=O) groups excluding carboxylic acids is 1. The van der Waals surface area contributed by atoms with Gasteiger partial charge >= 0.3 is 0 Å². The topological polar surface area (TPSA) is 59.8 Å². The molecule has 30 heavy (non-hydrogen) atoms. The molecular formula is C24H23ClN4O. The van der Waals surface area contributed by atoms with E-state index in [-0.39, 0.29) is 17.1 Å². The number of benzene rings is 1. The molecule has 0 amide bonds. The Hall–Kier alpha value is -2.92. The Morgan fingerprint density at radius 3 is 2.77 bits per heavy atom. The predicted octanol–water partition coefficient (Wildman–Crippen LogP) is 5.43. The molecular weight excluding hydrogens is 396 g/mol. The normalized spacial score (nSPS) is 19.9. The Balaban J connectivity index is 1.76. The summed E-state index contributed by atoms with van der Waals surface area (Å²) in [6.07, 6.45) is 4.97. The summed E-state index contributed by atoms with van der Waals surface area (Å²) >= 11 is 6.25. The van der Waals surface area contributed by atoms with Crippen molar-refractivity contribution in [1.29, 1.82) is 0 Å². The minimum Gasteiger partial charge on any atom is -0.343 e. The Morgan fingerprint density at radius 2 is 2.03 bits per heavy atom. The first kappa shape index (κ1) is 19.1. The maximum atomic E-state index is 13.3. The molecule has 0 saturated carbocycles. The number of anilines is 1. The number of carbonyl (C=O) groups is 1. The minimum absolute atomic E-state index is 0.0874. The lowest BCUT2D eigenvalue weighted by atomic mass is 9.69. The summed E-state index contributed by atoms with van der Waals surface area (Å²) < 4.78 is 1.90. The van der Waals surface area contributed by atoms with E-state index in [0.29, 0.717) is 11.4 Å². The third-order valence-corrected chi connectivity index (χ3v) is 6.18. The summed E-state index contributed by atoms with van der Waals surface area (Å²) in [5, 5.41) is 9.08. The SMILES string of the molecule is Cc1nn(-c2cccc(Cl)c2)c2c1[C@@H](c1cccnc1)C1=C(CC(C)(C)CC1=O)N2. The molecule has 0 saturated heterocycles. The number of hydrogen-bond acceptors (Lipinski definition) is 4. The highest BCUT2D eigenvalue weighted by Crippen LogP contribution is 2.50. The van der Waals surface area contributed by atoms with E-state index in [2.05, 4.69) is 24.1 Å². The van der Waals surface area contributed by atoms with Crippen molar-refractivity contribution < 1.29 is 4.79 Å². The highest BCUT2D eigenvalue weighted by atomic mass is 35.5. The third-order valence-electron chi connectivity index (χ3n) is 5.94. The number of fused-ring (bicyclic) bond motifs is 1. The van der Waals surface area contributed by atoms with E-state index in [9.17, 15) is 4.79 Å². The largest absolute Gasteiger partial charge is 0.343 e. The molecule has 2 aliphatic rings. The fourth-order valence-corrected chi connectivity index (χ4v) is 4.93. The van der Waals surface area contributed by atoms with Gasteiger partial charge in [0, 0.05) is 46.6 Å². The molecule has 5 nitrogen and oxygen atoms in total. The van der Waals surface area contributed by atoms with Gasteiger partial charge in [-0.2, -0.15) is 5.10 Å². The first-order valence-electron chi connectivity index (χ1n) is 10.1. The number of Topliss-reactive ketones (excluding diaryl/α,β-unsaturated/α-hetero) is 1. The van der Waals surface area contributed by atoms with Gasteiger partial charge in [0.05, 0.1) is 11.4 Å². The molecule has 0 unspecified atom stereocenters. The first-order chi connectivity index (χ1) is 14.3. The summed E-state index contributed by atoms with van der Waals surface area (Å²) in [4.78, 5) is 17.6. The maximum Gasteiger partial charge on any atom is 0.162 e. The van der Waals surface area contributed by atoms with Crippen LogP contribution in [0.5, 0.6) is 0 Å². The second-order valence-electron chi connectivity index (χ2n) is 8.92. The van der Waals surface area contributed by atoms with E-state index < -0.39 is 0 Å². The second kappa shape index (κ2) is 6.81. The number of rotatable bonds is 2. The van der Waals surface area contributed by atoms with Gasteiger partial charge in [0.1, 0.15) is 5.82 Å². The maximum absolute atomic E-state index is 13.3. The van der Waals surface area contributed by atoms with E-state index in [1.54, 1.807) is 6.20 Å². The Labute approximate surface area is 180 Å². The number of nitrogens with zero attached hydrogens (tertiary/aromatic N) is 3. The van der Waals surface area contributed by atoms with Crippen molar-refractivity contribution in [2.45, 2.75) is 39.5 Å². The standard InChI is InChI=1S/C24H23ClN4O/c1-14-20-21(15-6-5-9-26-13-15)22-18(11-24(2,3)12-19(22)30)27-23(20)29(28-14)17-8-4-7-16(25)10-17/h4-10,13,21,27H,11-12H2,1-3H3/t21-/m1/s1. The molecule has 1 aliphatic carbocycles. The summed E-state index contributed by atoms with van der Waals surface area (Å²) in [7, 11) is 0. The third kappa shape index (κ3) is 3.05. The van der Waals surface area contributed by atoms with E-state index in [0.717, 1.165) is 46.0 Å². The Kier molecular flexibility index (Phi) is 4.33. The highest BCUT2D eigenvalue weighted by Gasteiger charge is 2.43. The summed E-state index contributed by atoms with van der Waals surface area (Å²) in [6, 6.07) is 11.6. The Bertz CT molecular complexity index is 1190. The zero-order valence-corrected chi connectivity index (χ0v) is 18.0. The Morgan fingerprint density at radius 1 is 1.20 bits per heavy atom. The van der Waals surface area contributed by atoms with Crippen molar-refractivity contribution in [2.75, 3.05) is 5.32 Å². The number of aryl methyl sites for hydroxylation is 1. The van der Waals surface area contributed by atoms with Gasteiger partial charge in [0.2, 0.25) is 0 Å². The number of pyridine rings is 1. The van der Waals surface area contributed by atoms with Crippen molar-refractivity contribution in [2.24, 2.45) is 5.41 Å². The molecule has 1 aliphatic heterocycles. The van der Waals surface area contributed by atoms with Gasteiger partial charge < -0.3 is 5.32 Å². The molecule has 0 spiro atoms. The van der Waals surface area contributed by atoms with E-state index in [4.69, 9.17) is 16.7 Å². The lowest BCUT2D eigenvalue weighted by Gasteiger charge is -2.38. The van der Waals surface area contributed by atoms with E-state index in [1.165, 1.54) is 0 Å². The fourth-order valence-electron chi connectivity index (χ4n) is 4.75. The molecule has 152 valence electrons. The number of nitrogens with one attached hydrogen (secondary N) is 1. The zero-order chi connectivity index (χ0) is 21.0. The molecule has 0 fully saturated rings. The van der Waals surface area contributed by atoms with Crippen molar-refractivity contribution in [3.8, 4) is 5.69 Å². The average molecular weight is 419 g/mol. The van der Waals surface area contributed by atoms with Crippen LogP contribution in [-0.4, -0.2) is 20.5 Å². The van der Waals surface area contributed by atoms with Gasteiger partial charge in [0.15, 0.2) is 5.78 Å². The second-order valence-corrected chi connectivity index (χ2v) is 9.35. The average Bonchev–Trinajstić information content (AvgIpc) is 3.02. The number of hydrogen-bond donors (Lipinski definition) is 1. The summed E-state index contributed by atoms with van der Waals surface area (Å²) in [5.41, 5.74) is 5.55. The molecule has 0 radical (unpaired) electrons. The molecule has 2 aromatic heterocycles. The van der Waals surface area contributed by atoms with E-state index in [1.807, 2.05) is 54.2 Å². The monoisotopic (exact) mass is 418 g/mol. The fraction of sp³-hybridized carbons (Fsp3) is 0.292. The van der Waals surface area contributed by atoms with Gasteiger partial charge in [-0.1, -0.05) is 37.6 Å². The van der Waals surface area contributed by atoms with Crippen LogP contribution >= 0.6 is 11.6 Å². The van der Waals surface area contributed by atoms with Crippen LogP contribution in [-0.2, 0) is 4.79 Å². The lowest BCUT2D eigenvalue weighted by Crippen LogP contribution is -2.34. The van der Waals surface area contributed by atoms with Crippen LogP contribution in [0, 0.1) is 12.3 Å². The van der Waals surface area contributed by atoms with Crippen LogP contribution in [0.1, 0.15) is 49.4 Å². The van der Waals surface area contributed by atoms with Crippen LogP contribution in [0.25, 0.3) is 5.69 Å². The molecule has 0 bridgehead atoms. The van der Waals surface area contributed by atoms with Gasteiger partial charge in [-0.3, -0.25) is 9.78 Å². The molecule has 3 heterocycles. The van der Waals surface area contributed by atoms with Gasteiger partial charge in [-0.15, -0.1) is 0 Å². The molecule has 6 heteroatoms. The van der Waals surface area contributed by atoms with Crippen LogP contribution < -0.4 is 5.32 Å². The molecule has 1 N–H and O–H groups in total. The number of halogens is 1. The molecule has 3 aromatic rings. The van der Waals surface area contributed by atoms with E-state index >= 15 is 0 Å². The zero-order valence-electron chi connectivity index (χ0n) is 17.2. The van der Waals surface area contributed by atoms with Crippen molar-refractivity contribution >= 4 is 23.2 Å². The predicted molar refractivity (Wildman–Crippen MR) is 118 cm³/mol. The minimum atomic E-state index is -0.179. The van der Waals surface area contributed by atoms with Crippen molar-refractivity contribution in [3.63, 3.8) is 0 Å². The number of aromatic nitrogens is 3. The lowest BCUT2D eigenvalue weighted by molar-refractivity contribution is -0.118. The van der Waals surface area contributed by atoms with Crippen molar-refractivity contribution in [3.05, 3.63) is 81.9 Å². The first-order valence-corrected chi connectivity index (χ1v) is 10.5. The smallest absolute Gasteiger partial charge is 0.162 e. The summed E-state index contributed by atoms with van der Waals surface area (Å²) in [6.45, 7) is 6.28. The van der Waals surface area contributed by atoms with Gasteiger partial charge in [-0.05, 0) is 48.6 Å². The van der Waals surface area contributed by atoms with Crippen molar-refractivity contribution in [1.82, 2.24) is 14.8 Å². The molecule has 5 rings (SSSR count).